The molecule has 1 aliphatic carbocycles. The Labute approximate surface area is 185 Å². The molecule has 1 aliphatic heterocycles. The predicted octanol–water partition coefficient (Wildman–Crippen LogP) is 2.74. The van der Waals surface area contributed by atoms with E-state index in [0.29, 0.717) is 46.4 Å². The van der Waals surface area contributed by atoms with E-state index in [1.165, 1.54) is 6.33 Å². The summed E-state index contributed by atoms with van der Waals surface area (Å²) < 4.78 is 7.39. The molecular formula is C23H24N6O3. The minimum absolute atomic E-state index is 0.0986. The summed E-state index contributed by atoms with van der Waals surface area (Å²) in [5.74, 6) is 1.52. The van der Waals surface area contributed by atoms with Crippen molar-refractivity contribution in [2.75, 3.05) is 19.5 Å². The van der Waals surface area contributed by atoms with Gasteiger partial charge in [0.15, 0.2) is 11.6 Å². The number of nitrogens with zero attached hydrogens (tertiary/aromatic N) is 5. The zero-order valence-electron chi connectivity index (χ0n) is 18.3. The Kier molecular flexibility index (Phi) is 4.88. The molecule has 0 radical (unpaired) electrons. The molecule has 2 aromatic heterocycles. The van der Waals surface area contributed by atoms with E-state index in [-0.39, 0.29) is 24.0 Å². The summed E-state index contributed by atoms with van der Waals surface area (Å²) >= 11 is 0. The van der Waals surface area contributed by atoms with Gasteiger partial charge in [0, 0.05) is 26.4 Å². The van der Waals surface area contributed by atoms with Gasteiger partial charge >= 0.3 is 0 Å². The van der Waals surface area contributed by atoms with Gasteiger partial charge in [-0.05, 0) is 31.0 Å². The van der Waals surface area contributed by atoms with Crippen LogP contribution in [0.4, 0.5) is 11.4 Å². The average molecular weight is 432 g/mol. The van der Waals surface area contributed by atoms with Crippen molar-refractivity contribution in [1.29, 1.82) is 0 Å². The van der Waals surface area contributed by atoms with Gasteiger partial charge in [-0.2, -0.15) is 5.10 Å². The first-order valence-electron chi connectivity index (χ1n) is 10.6. The number of Topliss-reactive ketones (excluding diaryl/α,β-unsaturated/α-hetero) is 1. The van der Waals surface area contributed by atoms with Crippen molar-refractivity contribution < 1.29 is 14.3 Å². The van der Waals surface area contributed by atoms with Gasteiger partial charge in [-0.3, -0.25) is 14.6 Å². The largest absolute Gasteiger partial charge is 0.494 e. The Bertz CT molecular complexity index is 1230. The molecule has 0 saturated heterocycles. The van der Waals surface area contributed by atoms with Crippen LogP contribution in [0.25, 0.3) is 11.4 Å². The molecule has 0 bridgehead atoms. The predicted molar refractivity (Wildman–Crippen MR) is 118 cm³/mol. The number of para-hydroxylation sites is 1. The molecule has 5 rings (SSSR count). The van der Waals surface area contributed by atoms with E-state index < -0.39 is 0 Å². The highest BCUT2D eigenvalue weighted by Crippen LogP contribution is 2.39. The van der Waals surface area contributed by atoms with Crippen LogP contribution in [0.3, 0.4) is 0 Å². The third-order valence-corrected chi connectivity index (χ3v) is 5.92. The van der Waals surface area contributed by atoms with E-state index >= 15 is 0 Å². The topological polar surface area (TPSA) is 102 Å². The second kappa shape index (κ2) is 7.74. The molecular weight excluding hydrogens is 408 g/mol. The number of aryl methyl sites for hydroxylation is 1. The number of fused-ring (bicyclic) bond motifs is 1. The molecule has 0 atom stereocenters. The van der Waals surface area contributed by atoms with E-state index in [1.54, 1.807) is 23.7 Å². The van der Waals surface area contributed by atoms with Crippen molar-refractivity contribution >= 4 is 23.1 Å². The van der Waals surface area contributed by atoms with Gasteiger partial charge in [0.25, 0.3) is 5.91 Å². The zero-order valence-corrected chi connectivity index (χ0v) is 18.3. The first kappa shape index (κ1) is 20.2. The van der Waals surface area contributed by atoms with Crippen molar-refractivity contribution in [3.63, 3.8) is 0 Å². The van der Waals surface area contributed by atoms with Crippen molar-refractivity contribution in [1.82, 2.24) is 24.6 Å². The van der Waals surface area contributed by atoms with Crippen LogP contribution in [0.2, 0.25) is 0 Å². The molecule has 9 nitrogen and oxygen atoms in total. The number of benzene rings is 1. The second-order valence-corrected chi connectivity index (χ2v) is 8.28. The lowest BCUT2D eigenvalue weighted by atomic mass is 10.1. The molecule has 0 spiro atoms. The molecule has 3 aromatic rings. The smallest absolute Gasteiger partial charge is 0.257 e. The number of rotatable bonds is 7. The second-order valence-electron chi connectivity index (χ2n) is 8.28. The number of ketones is 1. The summed E-state index contributed by atoms with van der Waals surface area (Å²) in [7, 11) is 5.16. The normalized spacial score (nSPS) is 15.1. The average Bonchev–Trinajstić information content (AvgIpc) is 3.48. The van der Waals surface area contributed by atoms with Crippen molar-refractivity contribution in [2.24, 2.45) is 13.0 Å². The van der Waals surface area contributed by atoms with Gasteiger partial charge in [0.2, 0.25) is 0 Å². The van der Waals surface area contributed by atoms with E-state index in [2.05, 4.69) is 20.4 Å². The molecule has 164 valence electrons. The SMILES string of the molecule is COc1c(Nc2cc(CC(=O)C3CC3)nc3c2C(=O)N(C)C3)cccc1-c1ncnn1C. The fourth-order valence-electron chi connectivity index (χ4n) is 4.13. The van der Waals surface area contributed by atoms with E-state index in [0.717, 1.165) is 18.4 Å². The molecule has 1 N–H and O–H groups in total. The number of aromatic nitrogens is 4. The van der Waals surface area contributed by atoms with Crippen molar-refractivity contribution in [3.8, 4) is 17.1 Å². The van der Waals surface area contributed by atoms with Gasteiger partial charge < -0.3 is 15.0 Å². The summed E-state index contributed by atoms with van der Waals surface area (Å²) in [5, 5.41) is 7.52. The Morgan fingerprint density at radius 2 is 2.06 bits per heavy atom. The number of carbonyl (C=O) groups is 2. The van der Waals surface area contributed by atoms with Crippen molar-refractivity contribution in [3.05, 3.63) is 47.5 Å². The first-order chi connectivity index (χ1) is 15.5. The lowest BCUT2D eigenvalue weighted by Gasteiger charge is -2.17. The van der Waals surface area contributed by atoms with E-state index in [1.807, 2.05) is 31.3 Å². The van der Waals surface area contributed by atoms with Gasteiger partial charge in [-0.1, -0.05) is 6.07 Å². The number of pyridine rings is 1. The molecule has 1 amide bonds. The maximum atomic E-state index is 12.8. The summed E-state index contributed by atoms with van der Waals surface area (Å²) in [6, 6.07) is 7.49. The zero-order chi connectivity index (χ0) is 22.4. The first-order valence-corrected chi connectivity index (χ1v) is 10.6. The molecule has 1 aromatic carbocycles. The maximum absolute atomic E-state index is 12.8. The van der Waals surface area contributed by atoms with Gasteiger partial charge in [0.05, 0.1) is 47.5 Å². The number of hydrogen-bond donors (Lipinski definition) is 1. The molecule has 1 saturated carbocycles. The summed E-state index contributed by atoms with van der Waals surface area (Å²) in [5.41, 5.74) is 3.97. The maximum Gasteiger partial charge on any atom is 0.257 e. The molecule has 3 heterocycles. The van der Waals surface area contributed by atoms with Crippen LogP contribution < -0.4 is 10.1 Å². The van der Waals surface area contributed by atoms with Crippen molar-refractivity contribution in [2.45, 2.75) is 25.8 Å². The Morgan fingerprint density at radius 3 is 2.75 bits per heavy atom. The van der Waals surface area contributed by atoms with Crippen LogP contribution in [-0.2, 0) is 24.8 Å². The van der Waals surface area contributed by atoms with Crippen LogP contribution >= 0.6 is 0 Å². The Balaban J connectivity index is 1.56. The number of carbonyl (C=O) groups excluding carboxylic acids is 2. The fourth-order valence-corrected chi connectivity index (χ4v) is 4.13. The lowest BCUT2D eigenvalue weighted by Crippen LogP contribution is -2.18. The quantitative estimate of drug-likeness (QED) is 0.612. The molecule has 32 heavy (non-hydrogen) atoms. The highest BCUT2D eigenvalue weighted by Gasteiger charge is 2.33. The van der Waals surface area contributed by atoms with Crippen LogP contribution in [0.5, 0.6) is 5.75 Å². The summed E-state index contributed by atoms with van der Waals surface area (Å²) in [6.07, 6.45) is 3.69. The third-order valence-electron chi connectivity index (χ3n) is 5.92. The van der Waals surface area contributed by atoms with E-state index in [4.69, 9.17) is 4.74 Å². The number of hydrogen-bond acceptors (Lipinski definition) is 7. The summed E-state index contributed by atoms with van der Waals surface area (Å²) in [6.45, 7) is 0.421. The lowest BCUT2D eigenvalue weighted by molar-refractivity contribution is -0.119. The Hall–Kier alpha value is -3.75. The van der Waals surface area contributed by atoms with Gasteiger partial charge in [-0.25, -0.2) is 9.67 Å². The number of anilines is 2. The number of amides is 1. The van der Waals surface area contributed by atoms with Gasteiger partial charge in [0.1, 0.15) is 12.1 Å². The Morgan fingerprint density at radius 1 is 1.25 bits per heavy atom. The molecule has 9 heteroatoms. The highest BCUT2D eigenvalue weighted by molar-refractivity contribution is 6.04. The van der Waals surface area contributed by atoms with Crippen LogP contribution in [0.15, 0.2) is 30.6 Å². The number of ether oxygens (including phenoxy) is 1. The van der Waals surface area contributed by atoms with E-state index in [9.17, 15) is 9.59 Å². The van der Waals surface area contributed by atoms with Crippen LogP contribution in [0.1, 0.15) is 34.6 Å². The molecule has 2 aliphatic rings. The molecule has 0 unspecified atom stereocenters. The minimum atomic E-state index is -0.0986. The third kappa shape index (κ3) is 3.49. The highest BCUT2D eigenvalue weighted by atomic mass is 16.5. The monoisotopic (exact) mass is 432 g/mol. The number of methoxy groups -OCH3 is 1. The minimum Gasteiger partial charge on any atom is -0.494 e. The van der Waals surface area contributed by atoms with Gasteiger partial charge in [-0.15, -0.1) is 0 Å². The number of nitrogens with one attached hydrogen (secondary N) is 1. The van der Waals surface area contributed by atoms with Crippen LogP contribution in [0, 0.1) is 5.92 Å². The summed E-state index contributed by atoms with van der Waals surface area (Å²) in [4.78, 5) is 35.8. The standard InChI is InChI=1S/C23H24N6O3/c1-28-11-18-20(23(28)31)17(9-14(26-18)10-19(30)13-7-8-13)27-16-6-4-5-15(21(16)32-3)22-24-12-25-29(22)2/h4-6,9,12-13H,7-8,10-11H2,1-3H3,(H,26,27). The fraction of sp³-hybridized carbons (Fsp3) is 0.348. The van der Waals surface area contributed by atoms with Crippen LogP contribution in [-0.4, -0.2) is 50.5 Å². The molecule has 1 fully saturated rings.